The topological polar surface area (TPSA) is 55.4 Å². The van der Waals surface area contributed by atoms with E-state index < -0.39 is 18.0 Å². The smallest absolute Gasteiger partial charge is 0.340 e. The first-order valence-electron chi connectivity index (χ1n) is 6.90. The molecule has 1 N–H and O–H groups in total. The second-order valence-electron chi connectivity index (χ2n) is 5.03. The molecule has 23 heavy (non-hydrogen) atoms. The number of halogens is 2. The minimum Gasteiger partial charge on any atom is -0.449 e. The van der Waals surface area contributed by atoms with E-state index in [4.69, 9.17) is 27.9 Å². The molecule has 0 heterocycles. The van der Waals surface area contributed by atoms with Crippen molar-refractivity contribution in [3.63, 3.8) is 0 Å². The largest absolute Gasteiger partial charge is 0.449 e. The summed E-state index contributed by atoms with van der Waals surface area (Å²) in [6, 6.07) is 11.7. The van der Waals surface area contributed by atoms with Crippen LogP contribution in [0.2, 0.25) is 10.0 Å². The number of ether oxygens (including phenoxy) is 1. The van der Waals surface area contributed by atoms with Crippen molar-refractivity contribution in [1.29, 1.82) is 0 Å². The summed E-state index contributed by atoms with van der Waals surface area (Å²) in [7, 11) is 0. The predicted molar refractivity (Wildman–Crippen MR) is 91.1 cm³/mol. The van der Waals surface area contributed by atoms with Crippen LogP contribution in [0.1, 0.15) is 22.8 Å². The predicted octanol–water partition coefficient (Wildman–Crippen LogP) is 4.49. The van der Waals surface area contributed by atoms with E-state index in [1.165, 1.54) is 25.1 Å². The molecular formula is C17H15Cl2NO3. The number of esters is 1. The maximum Gasteiger partial charge on any atom is 0.340 e. The van der Waals surface area contributed by atoms with Crippen LogP contribution < -0.4 is 5.32 Å². The maximum atomic E-state index is 12.1. The van der Waals surface area contributed by atoms with E-state index in [1.807, 2.05) is 19.1 Å². The Morgan fingerprint density at radius 1 is 1.09 bits per heavy atom. The van der Waals surface area contributed by atoms with Crippen LogP contribution in [-0.4, -0.2) is 18.0 Å². The van der Waals surface area contributed by atoms with Gasteiger partial charge in [0, 0.05) is 10.7 Å². The summed E-state index contributed by atoms with van der Waals surface area (Å²) < 4.78 is 5.14. The fourth-order valence-corrected chi connectivity index (χ4v) is 2.30. The van der Waals surface area contributed by atoms with Crippen LogP contribution in [0.25, 0.3) is 0 Å². The van der Waals surface area contributed by atoms with Crippen LogP contribution in [0.5, 0.6) is 0 Å². The Kier molecular flexibility index (Phi) is 5.64. The van der Waals surface area contributed by atoms with Gasteiger partial charge in [0.05, 0.1) is 10.6 Å². The van der Waals surface area contributed by atoms with Crippen molar-refractivity contribution in [2.24, 2.45) is 0 Å². The zero-order valence-electron chi connectivity index (χ0n) is 12.6. The van der Waals surface area contributed by atoms with Crippen LogP contribution in [0.3, 0.4) is 0 Å². The summed E-state index contributed by atoms with van der Waals surface area (Å²) in [5.41, 5.74) is 1.87. The van der Waals surface area contributed by atoms with Gasteiger partial charge in [0.15, 0.2) is 6.10 Å². The number of hydrogen-bond acceptors (Lipinski definition) is 3. The van der Waals surface area contributed by atoms with Crippen LogP contribution in [0.15, 0.2) is 42.5 Å². The number of hydrogen-bond donors (Lipinski definition) is 1. The Hall–Kier alpha value is -2.04. The fourth-order valence-electron chi connectivity index (χ4n) is 1.81. The molecule has 0 saturated carbocycles. The van der Waals surface area contributed by atoms with Gasteiger partial charge < -0.3 is 10.1 Å². The molecule has 120 valence electrons. The summed E-state index contributed by atoms with van der Waals surface area (Å²) >= 11 is 11.7. The molecule has 0 aromatic heterocycles. The van der Waals surface area contributed by atoms with Crippen molar-refractivity contribution in [3.8, 4) is 0 Å². The van der Waals surface area contributed by atoms with E-state index in [0.717, 1.165) is 5.56 Å². The van der Waals surface area contributed by atoms with E-state index in [9.17, 15) is 9.59 Å². The molecule has 0 aliphatic carbocycles. The number of carbonyl (C=O) groups excluding carboxylic acids is 2. The molecule has 0 spiro atoms. The molecule has 0 bridgehead atoms. The number of benzene rings is 2. The molecule has 0 unspecified atom stereocenters. The zero-order valence-corrected chi connectivity index (χ0v) is 14.1. The van der Waals surface area contributed by atoms with Crippen LogP contribution in [0.4, 0.5) is 5.69 Å². The van der Waals surface area contributed by atoms with Crippen LogP contribution in [-0.2, 0) is 9.53 Å². The molecule has 0 radical (unpaired) electrons. The normalized spacial score (nSPS) is 11.7. The van der Waals surface area contributed by atoms with Crippen LogP contribution >= 0.6 is 23.2 Å². The van der Waals surface area contributed by atoms with E-state index in [-0.39, 0.29) is 10.6 Å². The number of nitrogens with one attached hydrogen (secondary N) is 1. The van der Waals surface area contributed by atoms with Gasteiger partial charge in [0.25, 0.3) is 5.91 Å². The molecule has 4 nitrogen and oxygen atoms in total. The molecule has 6 heteroatoms. The lowest BCUT2D eigenvalue weighted by atomic mass is 10.2. The summed E-state index contributed by atoms with van der Waals surface area (Å²) in [6.07, 6.45) is -0.962. The van der Waals surface area contributed by atoms with Crippen molar-refractivity contribution >= 4 is 40.8 Å². The maximum absolute atomic E-state index is 12.1. The van der Waals surface area contributed by atoms with E-state index in [0.29, 0.717) is 10.7 Å². The van der Waals surface area contributed by atoms with Crippen molar-refractivity contribution in [2.75, 3.05) is 5.32 Å². The Labute approximate surface area is 144 Å². The van der Waals surface area contributed by atoms with Gasteiger partial charge in [-0.3, -0.25) is 4.79 Å². The lowest BCUT2D eigenvalue weighted by molar-refractivity contribution is -0.123. The highest BCUT2D eigenvalue weighted by Crippen LogP contribution is 2.22. The van der Waals surface area contributed by atoms with Gasteiger partial charge in [-0.05, 0) is 44.2 Å². The van der Waals surface area contributed by atoms with Gasteiger partial charge in [0.2, 0.25) is 0 Å². The van der Waals surface area contributed by atoms with E-state index in [1.54, 1.807) is 12.1 Å². The molecule has 0 fully saturated rings. The van der Waals surface area contributed by atoms with E-state index >= 15 is 0 Å². The molecule has 0 aliphatic rings. The average molecular weight is 352 g/mol. The van der Waals surface area contributed by atoms with Crippen molar-refractivity contribution in [1.82, 2.24) is 0 Å². The Morgan fingerprint density at radius 3 is 2.35 bits per heavy atom. The number of aryl methyl sites for hydroxylation is 1. The minimum atomic E-state index is -0.962. The molecular weight excluding hydrogens is 337 g/mol. The summed E-state index contributed by atoms with van der Waals surface area (Å²) in [6.45, 7) is 3.44. The van der Waals surface area contributed by atoms with Gasteiger partial charge in [-0.25, -0.2) is 4.79 Å². The van der Waals surface area contributed by atoms with Gasteiger partial charge in [0.1, 0.15) is 0 Å². The zero-order chi connectivity index (χ0) is 17.0. The molecule has 0 aliphatic heterocycles. The first-order valence-corrected chi connectivity index (χ1v) is 7.66. The highest BCUT2D eigenvalue weighted by molar-refractivity contribution is 6.36. The average Bonchev–Trinajstić information content (AvgIpc) is 2.49. The monoisotopic (exact) mass is 351 g/mol. The van der Waals surface area contributed by atoms with Crippen molar-refractivity contribution in [3.05, 3.63) is 63.6 Å². The van der Waals surface area contributed by atoms with Crippen molar-refractivity contribution in [2.45, 2.75) is 20.0 Å². The highest BCUT2D eigenvalue weighted by atomic mass is 35.5. The number of rotatable bonds is 4. The minimum absolute atomic E-state index is 0.158. The Balaban J connectivity index is 2.00. The van der Waals surface area contributed by atoms with Gasteiger partial charge >= 0.3 is 5.97 Å². The molecule has 1 amide bonds. The fraction of sp³-hybridized carbons (Fsp3) is 0.176. The third-order valence-corrected chi connectivity index (χ3v) is 3.67. The standard InChI is InChI=1S/C17H15Cl2NO3/c1-10-3-6-13(7-4-10)20-16(21)11(2)23-17(22)14-8-5-12(18)9-15(14)19/h3-9,11H,1-2H3,(H,20,21)/t11-/m1/s1. The van der Waals surface area contributed by atoms with Crippen LogP contribution in [0, 0.1) is 6.92 Å². The summed E-state index contributed by atoms with van der Waals surface area (Å²) in [5, 5.41) is 3.27. The van der Waals surface area contributed by atoms with Gasteiger partial charge in [-0.2, -0.15) is 0 Å². The SMILES string of the molecule is Cc1ccc(NC(=O)[C@@H](C)OC(=O)c2ccc(Cl)cc2Cl)cc1. The van der Waals surface area contributed by atoms with Gasteiger partial charge in [-0.1, -0.05) is 40.9 Å². The number of carbonyl (C=O) groups is 2. The molecule has 2 rings (SSSR count). The van der Waals surface area contributed by atoms with E-state index in [2.05, 4.69) is 5.32 Å². The third-order valence-electron chi connectivity index (χ3n) is 3.12. The summed E-state index contributed by atoms with van der Waals surface area (Å²) in [4.78, 5) is 24.1. The second-order valence-corrected chi connectivity index (χ2v) is 5.87. The molecule has 0 saturated heterocycles. The van der Waals surface area contributed by atoms with Gasteiger partial charge in [-0.15, -0.1) is 0 Å². The highest BCUT2D eigenvalue weighted by Gasteiger charge is 2.20. The first kappa shape index (κ1) is 17.3. The summed E-state index contributed by atoms with van der Waals surface area (Å²) in [5.74, 6) is -1.11. The number of anilines is 1. The Bertz CT molecular complexity index is 729. The lowest BCUT2D eigenvalue weighted by Crippen LogP contribution is -2.30. The second kappa shape index (κ2) is 7.49. The molecule has 1 atom stereocenters. The molecule has 2 aromatic rings. The lowest BCUT2D eigenvalue weighted by Gasteiger charge is -2.14. The first-order chi connectivity index (χ1) is 10.9. The third kappa shape index (κ3) is 4.71. The molecule has 2 aromatic carbocycles. The number of amides is 1. The van der Waals surface area contributed by atoms with Crippen molar-refractivity contribution < 1.29 is 14.3 Å². The quantitative estimate of drug-likeness (QED) is 0.825. The Morgan fingerprint density at radius 2 is 1.74 bits per heavy atom.